The van der Waals surface area contributed by atoms with Gasteiger partial charge in [-0.1, -0.05) is 0 Å². The maximum Gasteiger partial charge on any atom is 0.274 e. The van der Waals surface area contributed by atoms with Crippen LogP contribution in [0, 0.1) is 11.7 Å². The minimum Gasteiger partial charge on any atom is -0.337 e. The molecule has 1 saturated heterocycles. The summed E-state index contributed by atoms with van der Waals surface area (Å²) >= 11 is 0. The zero-order valence-corrected chi connectivity index (χ0v) is 13.9. The third-order valence-electron chi connectivity index (χ3n) is 5.04. The highest BCUT2D eigenvalue weighted by atomic mass is 19.1. The Morgan fingerprint density at radius 2 is 1.92 bits per heavy atom. The molecule has 2 fully saturated rings. The van der Waals surface area contributed by atoms with Gasteiger partial charge in [0.2, 0.25) is 0 Å². The van der Waals surface area contributed by atoms with Crippen LogP contribution in [0.5, 0.6) is 0 Å². The number of carbonyl (C=O) groups excluding carboxylic acids is 2. The largest absolute Gasteiger partial charge is 0.337 e. The molecular weight excluding hydrogens is 321 g/mol. The second-order valence-electron chi connectivity index (χ2n) is 6.94. The molecule has 1 N–H and O–H groups in total. The molecule has 2 heterocycles. The Labute approximate surface area is 145 Å². The lowest BCUT2D eigenvalue weighted by Crippen LogP contribution is -2.42. The van der Waals surface area contributed by atoms with Gasteiger partial charge in [0.25, 0.3) is 5.91 Å². The van der Waals surface area contributed by atoms with Gasteiger partial charge in [0.05, 0.1) is 0 Å². The summed E-state index contributed by atoms with van der Waals surface area (Å²) in [4.78, 5) is 27.0. The van der Waals surface area contributed by atoms with Gasteiger partial charge in [-0.3, -0.25) is 14.7 Å². The molecule has 0 spiro atoms. The van der Waals surface area contributed by atoms with Crippen LogP contribution in [0.3, 0.4) is 0 Å². The quantitative estimate of drug-likeness (QED) is 0.869. The molecular formula is C19H20FN3O2. The highest BCUT2D eigenvalue weighted by molar-refractivity contribution is 5.99. The summed E-state index contributed by atoms with van der Waals surface area (Å²) in [6.07, 6.45) is 3.82. The zero-order valence-electron chi connectivity index (χ0n) is 13.9. The van der Waals surface area contributed by atoms with E-state index in [9.17, 15) is 14.0 Å². The summed E-state index contributed by atoms with van der Waals surface area (Å²) in [5, 5.41) is 7.10. The molecule has 6 heteroatoms. The molecule has 2 aliphatic rings. The molecule has 0 bridgehead atoms. The number of hydrogen-bond acceptors (Lipinski definition) is 3. The molecule has 1 aliphatic carbocycles. The average molecular weight is 341 g/mol. The Bertz CT molecular complexity index is 795. The Balaban J connectivity index is 1.45. The van der Waals surface area contributed by atoms with Gasteiger partial charge < -0.3 is 4.90 Å². The van der Waals surface area contributed by atoms with Crippen molar-refractivity contribution in [1.29, 1.82) is 0 Å². The van der Waals surface area contributed by atoms with E-state index in [0.29, 0.717) is 30.3 Å². The Morgan fingerprint density at radius 3 is 2.64 bits per heavy atom. The summed E-state index contributed by atoms with van der Waals surface area (Å²) < 4.78 is 13.0. The summed E-state index contributed by atoms with van der Waals surface area (Å²) in [7, 11) is 0. The first-order chi connectivity index (χ1) is 12.1. The van der Waals surface area contributed by atoms with Crippen molar-refractivity contribution in [3.05, 3.63) is 53.1 Å². The predicted octanol–water partition coefficient (Wildman–Crippen LogP) is 3.16. The van der Waals surface area contributed by atoms with E-state index in [0.717, 1.165) is 31.4 Å². The van der Waals surface area contributed by atoms with Crippen LogP contribution in [-0.2, 0) is 0 Å². The number of ketones is 1. The van der Waals surface area contributed by atoms with Crippen molar-refractivity contribution in [3.8, 4) is 0 Å². The minimum absolute atomic E-state index is 0.0294. The van der Waals surface area contributed by atoms with E-state index in [1.165, 1.54) is 24.3 Å². The van der Waals surface area contributed by atoms with E-state index < -0.39 is 0 Å². The Hall–Kier alpha value is -2.50. The molecule has 4 rings (SSSR count). The molecule has 1 saturated carbocycles. The molecule has 5 nitrogen and oxygen atoms in total. The first-order valence-corrected chi connectivity index (χ1v) is 8.76. The van der Waals surface area contributed by atoms with Gasteiger partial charge in [-0.05, 0) is 56.0 Å². The lowest BCUT2D eigenvalue weighted by molar-refractivity contribution is 0.0632. The van der Waals surface area contributed by atoms with Crippen molar-refractivity contribution in [2.24, 2.45) is 5.92 Å². The number of aromatic nitrogens is 2. The number of H-pyrrole nitrogens is 1. The maximum absolute atomic E-state index is 13.0. The van der Waals surface area contributed by atoms with Gasteiger partial charge in [0.1, 0.15) is 11.5 Å². The van der Waals surface area contributed by atoms with Crippen LogP contribution >= 0.6 is 0 Å². The Morgan fingerprint density at radius 1 is 1.16 bits per heavy atom. The van der Waals surface area contributed by atoms with Crippen LogP contribution in [0.4, 0.5) is 4.39 Å². The molecule has 1 amide bonds. The standard InChI is InChI=1S/C19H20FN3O2/c20-15-7-5-13(6-8-15)18(24)14-2-1-9-23(11-14)19(25)17-10-16(21-22-17)12-3-4-12/h5-8,10,12,14H,1-4,9,11H2,(H,21,22). The number of halogens is 1. The maximum atomic E-state index is 13.0. The molecule has 1 aromatic heterocycles. The summed E-state index contributed by atoms with van der Waals surface area (Å²) in [6, 6.07) is 7.44. The van der Waals surface area contributed by atoms with Crippen LogP contribution in [0.2, 0.25) is 0 Å². The number of aromatic amines is 1. The van der Waals surface area contributed by atoms with Crippen LogP contribution < -0.4 is 0 Å². The van der Waals surface area contributed by atoms with Gasteiger partial charge in [0, 0.05) is 36.2 Å². The summed E-state index contributed by atoms with van der Waals surface area (Å²) in [5.41, 5.74) is 1.95. The molecule has 1 aliphatic heterocycles. The van der Waals surface area contributed by atoms with Crippen molar-refractivity contribution >= 4 is 11.7 Å². The number of carbonyl (C=O) groups is 2. The number of benzene rings is 1. The smallest absolute Gasteiger partial charge is 0.274 e. The first-order valence-electron chi connectivity index (χ1n) is 8.76. The minimum atomic E-state index is -0.359. The van der Waals surface area contributed by atoms with Crippen molar-refractivity contribution in [3.63, 3.8) is 0 Å². The number of piperidine rings is 1. The lowest BCUT2D eigenvalue weighted by atomic mass is 9.90. The molecule has 0 radical (unpaired) electrons. The summed E-state index contributed by atoms with van der Waals surface area (Å²) in [5.74, 6) is -0.242. The zero-order chi connectivity index (χ0) is 17.4. The number of nitrogens with one attached hydrogen (secondary N) is 1. The highest BCUT2D eigenvalue weighted by Gasteiger charge is 2.32. The second-order valence-corrected chi connectivity index (χ2v) is 6.94. The van der Waals surface area contributed by atoms with E-state index in [4.69, 9.17) is 0 Å². The fourth-order valence-electron chi connectivity index (χ4n) is 3.44. The van der Waals surface area contributed by atoms with Crippen LogP contribution in [0.25, 0.3) is 0 Å². The second kappa shape index (κ2) is 6.43. The van der Waals surface area contributed by atoms with E-state index >= 15 is 0 Å². The lowest BCUT2D eigenvalue weighted by Gasteiger charge is -2.31. The number of nitrogens with zero attached hydrogens (tertiary/aromatic N) is 2. The van der Waals surface area contributed by atoms with Crippen molar-refractivity contribution < 1.29 is 14.0 Å². The van der Waals surface area contributed by atoms with Crippen LogP contribution in [0.15, 0.2) is 30.3 Å². The third-order valence-corrected chi connectivity index (χ3v) is 5.04. The molecule has 1 atom stereocenters. The van der Waals surface area contributed by atoms with Gasteiger partial charge >= 0.3 is 0 Å². The van der Waals surface area contributed by atoms with E-state index in [2.05, 4.69) is 10.2 Å². The van der Waals surface area contributed by atoms with Crippen molar-refractivity contribution in [2.45, 2.75) is 31.6 Å². The van der Waals surface area contributed by atoms with E-state index in [1.54, 1.807) is 4.90 Å². The van der Waals surface area contributed by atoms with E-state index in [-0.39, 0.29) is 23.4 Å². The third kappa shape index (κ3) is 3.34. The average Bonchev–Trinajstić information content (AvgIpc) is 3.38. The van der Waals surface area contributed by atoms with Gasteiger partial charge in [0.15, 0.2) is 5.78 Å². The van der Waals surface area contributed by atoms with Crippen molar-refractivity contribution in [1.82, 2.24) is 15.1 Å². The number of likely N-dealkylation sites (tertiary alicyclic amines) is 1. The molecule has 1 unspecified atom stereocenters. The molecule has 1 aromatic carbocycles. The molecule has 130 valence electrons. The van der Waals surface area contributed by atoms with Gasteiger partial charge in [-0.25, -0.2) is 4.39 Å². The number of amides is 1. The summed E-state index contributed by atoms with van der Waals surface area (Å²) in [6.45, 7) is 1.03. The molecule has 25 heavy (non-hydrogen) atoms. The predicted molar refractivity (Wildman–Crippen MR) is 89.9 cm³/mol. The number of Topliss-reactive ketones (excluding diaryl/α,β-unsaturated/α-hetero) is 1. The highest BCUT2D eigenvalue weighted by Crippen LogP contribution is 2.39. The van der Waals surface area contributed by atoms with E-state index in [1.807, 2.05) is 6.07 Å². The number of hydrogen-bond donors (Lipinski definition) is 1. The Kier molecular flexibility index (Phi) is 4.11. The monoisotopic (exact) mass is 341 g/mol. The van der Waals surface area contributed by atoms with Crippen LogP contribution in [-0.4, -0.2) is 39.9 Å². The normalized spacial score (nSPS) is 20.5. The fraction of sp³-hybridized carbons (Fsp3) is 0.421. The van der Waals surface area contributed by atoms with Gasteiger partial charge in [-0.15, -0.1) is 0 Å². The first kappa shape index (κ1) is 16.0. The van der Waals surface area contributed by atoms with Crippen molar-refractivity contribution in [2.75, 3.05) is 13.1 Å². The van der Waals surface area contributed by atoms with Gasteiger partial charge in [-0.2, -0.15) is 5.10 Å². The number of rotatable bonds is 4. The molecule has 2 aromatic rings. The topological polar surface area (TPSA) is 66.1 Å². The SMILES string of the molecule is O=C(c1ccc(F)cc1)C1CCCN(C(=O)c2cc(C3CC3)[nH]n2)C1. The van der Waals surface area contributed by atoms with Crippen LogP contribution in [0.1, 0.15) is 58.1 Å². The fourth-order valence-corrected chi connectivity index (χ4v) is 3.44.